The lowest BCUT2D eigenvalue weighted by atomic mass is 9.74. The molecule has 0 aromatic carbocycles. The molecule has 0 unspecified atom stereocenters. The van der Waals surface area contributed by atoms with Crippen LogP contribution in [0.15, 0.2) is 0 Å². The van der Waals surface area contributed by atoms with Gasteiger partial charge >= 0.3 is 5.97 Å². The summed E-state index contributed by atoms with van der Waals surface area (Å²) in [6, 6.07) is 0. The van der Waals surface area contributed by atoms with E-state index >= 15 is 0 Å². The molecule has 0 atom stereocenters. The smallest absolute Gasteiger partial charge is 0.332 e. The van der Waals surface area contributed by atoms with E-state index in [1.807, 2.05) is 13.8 Å². The predicted octanol–water partition coefficient (Wildman–Crippen LogP) is 3.69. The lowest BCUT2D eigenvalue weighted by Gasteiger charge is -2.42. The third kappa shape index (κ3) is 9.00. The lowest BCUT2D eigenvalue weighted by Crippen LogP contribution is -2.42. The van der Waals surface area contributed by atoms with Crippen LogP contribution in [0.5, 0.6) is 0 Å². The molecule has 0 fully saturated rings. The first-order chi connectivity index (χ1) is 11.0. The van der Waals surface area contributed by atoms with Crippen molar-refractivity contribution in [1.29, 1.82) is 0 Å². The molecule has 0 amide bonds. The van der Waals surface area contributed by atoms with E-state index in [1.165, 1.54) is 0 Å². The van der Waals surface area contributed by atoms with E-state index in [0.29, 0.717) is 32.6 Å². The van der Waals surface area contributed by atoms with Crippen LogP contribution in [-0.4, -0.2) is 43.5 Å². The molecule has 24 heavy (non-hydrogen) atoms. The van der Waals surface area contributed by atoms with Gasteiger partial charge in [-0.25, -0.2) is 4.79 Å². The predicted molar refractivity (Wildman–Crippen MR) is 98.0 cm³/mol. The van der Waals surface area contributed by atoms with Crippen molar-refractivity contribution in [3.8, 4) is 0 Å². The third-order valence-electron chi connectivity index (χ3n) is 4.86. The van der Waals surface area contributed by atoms with Crippen molar-refractivity contribution in [2.45, 2.75) is 85.4 Å². The molecule has 0 aliphatic carbocycles. The molecule has 0 heterocycles. The second-order valence-corrected chi connectivity index (χ2v) is 8.15. The molecule has 0 saturated carbocycles. The fourth-order valence-corrected chi connectivity index (χ4v) is 2.31. The average Bonchev–Trinajstić information content (AvgIpc) is 2.45. The van der Waals surface area contributed by atoms with E-state index in [0.717, 1.165) is 12.8 Å². The van der Waals surface area contributed by atoms with Gasteiger partial charge in [0.2, 0.25) is 0 Å². The Balaban J connectivity index is 4.21. The monoisotopic (exact) mass is 345 g/mol. The van der Waals surface area contributed by atoms with Gasteiger partial charge < -0.3 is 19.9 Å². The highest BCUT2D eigenvalue weighted by atomic mass is 16.6. The van der Waals surface area contributed by atoms with Gasteiger partial charge in [0.25, 0.3) is 0 Å². The zero-order valence-corrected chi connectivity index (χ0v) is 16.9. The SMILES string of the molecule is CCCC(C)(C)C(C)(C)OCCC(C)(C)OCC(=O)OCCCN. The summed E-state index contributed by atoms with van der Waals surface area (Å²) in [5.74, 6) is -0.346. The second-order valence-electron chi connectivity index (χ2n) is 8.15. The molecule has 0 saturated heterocycles. The van der Waals surface area contributed by atoms with Gasteiger partial charge in [-0.1, -0.05) is 27.2 Å². The summed E-state index contributed by atoms with van der Waals surface area (Å²) in [7, 11) is 0. The Labute approximate surface area is 148 Å². The molecule has 0 spiro atoms. The second kappa shape index (κ2) is 10.4. The molecule has 0 aliphatic heterocycles. The number of nitrogens with two attached hydrogens (primary N) is 1. The topological polar surface area (TPSA) is 70.8 Å². The summed E-state index contributed by atoms with van der Waals surface area (Å²) in [6.07, 6.45) is 3.65. The van der Waals surface area contributed by atoms with Gasteiger partial charge in [0, 0.05) is 0 Å². The normalized spacial score (nSPS) is 13.2. The summed E-state index contributed by atoms with van der Waals surface area (Å²) in [5.41, 5.74) is 4.83. The number of esters is 1. The number of hydrogen-bond donors (Lipinski definition) is 1. The summed E-state index contributed by atoms with van der Waals surface area (Å²) in [6.45, 7) is 16.3. The Morgan fingerprint density at radius 2 is 1.58 bits per heavy atom. The van der Waals surface area contributed by atoms with E-state index in [2.05, 4.69) is 34.6 Å². The van der Waals surface area contributed by atoms with Crippen molar-refractivity contribution in [2.24, 2.45) is 11.1 Å². The highest BCUT2D eigenvalue weighted by molar-refractivity contribution is 5.70. The van der Waals surface area contributed by atoms with Gasteiger partial charge in [0.1, 0.15) is 6.61 Å². The van der Waals surface area contributed by atoms with Gasteiger partial charge in [-0.05, 0) is 58.9 Å². The maximum atomic E-state index is 11.6. The van der Waals surface area contributed by atoms with Crippen molar-refractivity contribution >= 4 is 5.97 Å². The molecule has 0 bridgehead atoms. The molecule has 2 N–H and O–H groups in total. The molecular formula is C19H39NO4. The van der Waals surface area contributed by atoms with Crippen molar-refractivity contribution < 1.29 is 19.0 Å². The molecule has 144 valence electrons. The van der Waals surface area contributed by atoms with Crippen LogP contribution in [0.25, 0.3) is 0 Å². The first-order valence-corrected chi connectivity index (χ1v) is 9.11. The highest BCUT2D eigenvalue weighted by Crippen LogP contribution is 2.38. The maximum Gasteiger partial charge on any atom is 0.332 e. The summed E-state index contributed by atoms with van der Waals surface area (Å²) < 4.78 is 16.9. The molecular weight excluding hydrogens is 306 g/mol. The standard InChI is InChI=1S/C19H39NO4/c1-8-10-17(2,3)19(6,7)23-14-11-18(4,5)24-15-16(21)22-13-9-12-20/h8-15,20H2,1-7H3. The van der Waals surface area contributed by atoms with Crippen LogP contribution in [0.3, 0.4) is 0 Å². The van der Waals surface area contributed by atoms with Crippen molar-refractivity contribution in [1.82, 2.24) is 0 Å². The number of ether oxygens (including phenoxy) is 3. The summed E-state index contributed by atoms with van der Waals surface area (Å²) in [4.78, 5) is 11.6. The Morgan fingerprint density at radius 3 is 2.12 bits per heavy atom. The molecule has 0 radical (unpaired) electrons. The zero-order chi connectivity index (χ0) is 18.9. The Morgan fingerprint density at radius 1 is 0.958 bits per heavy atom. The number of carbonyl (C=O) groups is 1. The molecule has 5 nitrogen and oxygen atoms in total. The van der Waals surface area contributed by atoms with Crippen LogP contribution >= 0.6 is 0 Å². The van der Waals surface area contributed by atoms with Crippen LogP contribution in [0, 0.1) is 5.41 Å². The molecule has 0 aromatic rings. The minimum Gasteiger partial charge on any atom is -0.464 e. The van der Waals surface area contributed by atoms with Gasteiger partial charge in [0.05, 0.1) is 24.4 Å². The first kappa shape index (κ1) is 23.4. The van der Waals surface area contributed by atoms with Crippen LogP contribution in [0.1, 0.15) is 74.1 Å². The number of hydrogen-bond acceptors (Lipinski definition) is 5. The van der Waals surface area contributed by atoms with Crippen molar-refractivity contribution in [2.75, 3.05) is 26.4 Å². The third-order valence-corrected chi connectivity index (χ3v) is 4.86. The van der Waals surface area contributed by atoms with Crippen molar-refractivity contribution in [3.05, 3.63) is 0 Å². The van der Waals surface area contributed by atoms with Crippen LogP contribution in [0.2, 0.25) is 0 Å². The van der Waals surface area contributed by atoms with E-state index in [-0.39, 0.29) is 23.6 Å². The van der Waals surface area contributed by atoms with E-state index in [4.69, 9.17) is 19.9 Å². The van der Waals surface area contributed by atoms with Crippen LogP contribution in [-0.2, 0) is 19.0 Å². The minimum atomic E-state index is -0.433. The van der Waals surface area contributed by atoms with Gasteiger partial charge in [-0.15, -0.1) is 0 Å². The molecule has 5 heteroatoms. The largest absolute Gasteiger partial charge is 0.464 e. The minimum absolute atomic E-state index is 0.0394. The van der Waals surface area contributed by atoms with Crippen molar-refractivity contribution in [3.63, 3.8) is 0 Å². The van der Waals surface area contributed by atoms with Gasteiger partial charge in [-0.2, -0.15) is 0 Å². The highest BCUT2D eigenvalue weighted by Gasteiger charge is 2.37. The fraction of sp³-hybridized carbons (Fsp3) is 0.947. The quantitative estimate of drug-likeness (QED) is 0.407. The Hall–Kier alpha value is -0.650. The lowest BCUT2D eigenvalue weighted by molar-refractivity contribution is -0.158. The van der Waals surface area contributed by atoms with E-state index < -0.39 is 5.60 Å². The van der Waals surface area contributed by atoms with Crippen LogP contribution < -0.4 is 5.73 Å². The zero-order valence-electron chi connectivity index (χ0n) is 16.9. The van der Waals surface area contributed by atoms with Gasteiger partial charge in [0.15, 0.2) is 0 Å². The Kier molecular flexibility index (Phi) is 10.1. The maximum absolute atomic E-state index is 11.6. The van der Waals surface area contributed by atoms with E-state index in [9.17, 15) is 4.79 Å². The van der Waals surface area contributed by atoms with E-state index in [1.54, 1.807) is 0 Å². The molecule has 0 rings (SSSR count). The van der Waals surface area contributed by atoms with Gasteiger partial charge in [-0.3, -0.25) is 0 Å². The summed E-state index contributed by atoms with van der Waals surface area (Å²) in [5, 5.41) is 0. The molecule has 0 aliphatic rings. The molecule has 0 aromatic heterocycles. The van der Waals surface area contributed by atoms with Crippen LogP contribution in [0.4, 0.5) is 0 Å². The Bertz CT molecular complexity index is 364. The summed E-state index contributed by atoms with van der Waals surface area (Å²) >= 11 is 0. The fourth-order valence-electron chi connectivity index (χ4n) is 2.31. The number of rotatable bonds is 13. The average molecular weight is 346 g/mol. The number of carbonyl (C=O) groups excluding carboxylic acids is 1. The first-order valence-electron chi connectivity index (χ1n) is 9.11.